The minimum atomic E-state index is -0.245. The number of rotatable bonds is 4. The second kappa shape index (κ2) is 8.28. The van der Waals surface area contributed by atoms with Crippen LogP contribution in [0.3, 0.4) is 0 Å². The van der Waals surface area contributed by atoms with Crippen LogP contribution in [0.1, 0.15) is 37.5 Å². The summed E-state index contributed by atoms with van der Waals surface area (Å²) in [4.78, 5) is 12.2. The van der Waals surface area contributed by atoms with Crippen molar-refractivity contribution in [2.75, 3.05) is 0 Å². The van der Waals surface area contributed by atoms with Crippen LogP contribution in [0.5, 0.6) is 0 Å². The quantitative estimate of drug-likeness (QED) is 0.593. The van der Waals surface area contributed by atoms with Gasteiger partial charge in [0.2, 0.25) is 5.91 Å². The molecule has 6 heteroatoms. The molecule has 0 bridgehead atoms. The molecular formula is C21H22ClN3OS. The summed E-state index contributed by atoms with van der Waals surface area (Å²) in [7, 11) is 0. The Morgan fingerprint density at radius 3 is 2.52 bits per heavy atom. The number of thioether (sulfide) groups is 1. The predicted octanol–water partition coefficient (Wildman–Crippen LogP) is 4.80. The van der Waals surface area contributed by atoms with E-state index in [4.69, 9.17) is 11.6 Å². The molecule has 0 saturated carbocycles. The minimum absolute atomic E-state index is 0.0663. The van der Waals surface area contributed by atoms with Gasteiger partial charge >= 0.3 is 0 Å². The fourth-order valence-corrected chi connectivity index (χ4v) is 3.83. The number of hydrogen-bond donors (Lipinski definition) is 1. The zero-order valence-corrected chi connectivity index (χ0v) is 17.1. The van der Waals surface area contributed by atoms with E-state index in [0.717, 1.165) is 11.1 Å². The van der Waals surface area contributed by atoms with Crippen LogP contribution in [0.2, 0.25) is 5.02 Å². The fourth-order valence-electron chi connectivity index (χ4n) is 2.67. The van der Waals surface area contributed by atoms with Gasteiger partial charge in [-0.2, -0.15) is 5.10 Å². The summed E-state index contributed by atoms with van der Waals surface area (Å²) in [5, 5.41) is 12.0. The second-order valence-electron chi connectivity index (χ2n) is 7.41. The van der Waals surface area contributed by atoms with Crippen LogP contribution in [0.25, 0.3) is 0 Å². The first kappa shape index (κ1) is 19.6. The lowest BCUT2D eigenvalue weighted by Crippen LogP contribution is -2.26. The van der Waals surface area contributed by atoms with E-state index in [1.54, 1.807) is 6.21 Å². The standard InChI is InChI=1S/C21H22ClN3OS/c1-21(2,3)16-10-8-14(9-11-16)13-23-25-20-24-19(26)18(27-20)12-15-6-4-5-7-17(15)22/h4-11,13,18H,12H2,1-3H3,(H,24,25,26)/b23-13+. The van der Waals surface area contributed by atoms with Crippen molar-refractivity contribution >= 4 is 40.7 Å². The van der Waals surface area contributed by atoms with Crippen molar-refractivity contribution in [2.24, 2.45) is 10.2 Å². The number of carbonyl (C=O) groups is 1. The third kappa shape index (κ3) is 5.21. The molecule has 1 aliphatic heterocycles. The topological polar surface area (TPSA) is 53.8 Å². The van der Waals surface area contributed by atoms with E-state index < -0.39 is 0 Å². The molecule has 1 aliphatic rings. The Balaban J connectivity index is 1.62. The van der Waals surface area contributed by atoms with Gasteiger partial charge in [-0.3, -0.25) is 4.79 Å². The summed E-state index contributed by atoms with van der Waals surface area (Å²) in [6.45, 7) is 6.54. The smallest absolute Gasteiger partial charge is 0.239 e. The van der Waals surface area contributed by atoms with E-state index in [1.165, 1.54) is 17.3 Å². The molecule has 27 heavy (non-hydrogen) atoms. The molecule has 3 rings (SSSR count). The fraction of sp³-hybridized carbons (Fsp3) is 0.286. The van der Waals surface area contributed by atoms with E-state index in [1.807, 2.05) is 36.4 Å². The molecule has 0 radical (unpaired) electrons. The first-order valence-electron chi connectivity index (χ1n) is 8.75. The van der Waals surface area contributed by atoms with Crippen molar-refractivity contribution in [2.45, 2.75) is 37.9 Å². The Morgan fingerprint density at radius 2 is 1.85 bits per heavy atom. The summed E-state index contributed by atoms with van der Waals surface area (Å²) in [5.74, 6) is -0.0663. The van der Waals surface area contributed by atoms with Crippen LogP contribution in [-0.4, -0.2) is 22.5 Å². The maximum Gasteiger partial charge on any atom is 0.239 e. The number of carbonyl (C=O) groups excluding carboxylic acids is 1. The van der Waals surface area contributed by atoms with Gasteiger partial charge in [0.15, 0.2) is 5.17 Å². The lowest BCUT2D eigenvalue weighted by Gasteiger charge is -2.18. The summed E-state index contributed by atoms with van der Waals surface area (Å²) in [5.41, 5.74) is 3.31. The average Bonchev–Trinajstić information content (AvgIpc) is 2.96. The maximum atomic E-state index is 12.2. The van der Waals surface area contributed by atoms with Crippen LogP contribution >= 0.6 is 23.4 Å². The average molecular weight is 400 g/mol. The van der Waals surface area contributed by atoms with E-state index in [-0.39, 0.29) is 16.6 Å². The molecule has 0 aromatic heterocycles. The van der Waals surface area contributed by atoms with Gasteiger partial charge in [0.1, 0.15) is 0 Å². The van der Waals surface area contributed by atoms with Crippen LogP contribution < -0.4 is 5.32 Å². The zero-order valence-electron chi connectivity index (χ0n) is 15.6. The van der Waals surface area contributed by atoms with Gasteiger partial charge in [0.25, 0.3) is 0 Å². The summed E-state index contributed by atoms with van der Waals surface area (Å²) in [6.07, 6.45) is 2.25. The van der Waals surface area contributed by atoms with Crippen LogP contribution in [0.4, 0.5) is 0 Å². The van der Waals surface area contributed by atoms with E-state index in [0.29, 0.717) is 16.6 Å². The Kier molecular flexibility index (Phi) is 6.02. The summed E-state index contributed by atoms with van der Waals surface area (Å²) in [6, 6.07) is 15.8. The molecule has 0 aliphatic carbocycles. The Bertz CT molecular complexity index is 885. The number of benzene rings is 2. The maximum absolute atomic E-state index is 12.2. The van der Waals surface area contributed by atoms with Crippen molar-refractivity contribution in [1.82, 2.24) is 5.32 Å². The van der Waals surface area contributed by atoms with Gasteiger partial charge in [0.05, 0.1) is 11.5 Å². The lowest BCUT2D eigenvalue weighted by atomic mass is 9.87. The first-order chi connectivity index (χ1) is 12.8. The monoisotopic (exact) mass is 399 g/mol. The van der Waals surface area contributed by atoms with Crippen molar-refractivity contribution in [3.63, 3.8) is 0 Å². The van der Waals surface area contributed by atoms with Crippen molar-refractivity contribution in [1.29, 1.82) is 0 Å². The highest BCUT2D eigenvalue weighted by Crippen LogP contribution is 2.26. The van der Waals surface area contributed by atoms with Gasteiger partial charge in [-0.1, -0.05) is 86.6 Å². The third-order valence-electron chi connectivity index (χ3n) is 4.27. The molecule has 2 aromatic carbocycles. The molecule has 1 unspecified atom stereocenters. The number of amides is 1. The summed E-state index contributed by atoms with van der Waals surface area (Å²) < 4.78 is 0. The molecule has 1 atom stereocenters. The SMILES string of the molecule is CC(C)(C)c1ccc(/C=N/N=C2\NC(=O)C(Cc3ccccc3Cl)S2)cc1. The Morgan fingerprint density at radius 1 is 1.15 bits per heavy atom. The number of nitrogens with zero attached hydrogens (tertiary/aromatic N) is 2. The van der Waals surface area contributed by atoms with E-state index in [2.05, 4.69) is 48.4 Å². The van der Waals surface area contributed by atoms with Crippen molar-refractivity contribution in [3.05, 3.63) is 70.2 Å². The molecule has 2 aromatic rings. The van der Waals surface area contributed by atoms with Crippen LogP contribution in [-0.2, 0) is 16.6 Å². The summed E-state index contributed by atoms with van der Waals surface area (Å²) >= 11 is 7.56. The molecular weight excluding hydrogens is 378 g/mol. The second-order valence-corrected chi connectivity index (χ2v) is 9.01. The zero-order chi connectivity index (χ0) is 19.4. The molecule has 1 saturated heterocycles. The van der Waals surface area contributed by atoms with Crippen LogP contribution in [0.15, 0.2) is 58.7 Å². The van der Waals surface area contributed by atoms with Gasteiger partial charge in [-0.25, -0.2) is 0 Å². The first-order valence-corrected chi connectivity index (χ1v) is 10.0. The number of halogens is 1. The molecule has 4 nitrogen and oxygen atoms in total. The van der Waals surface area contributed by atoms with E-state index >= 15 is 0 Å². The molecule has 1 fully saturated rings. The van der Waals surface area contributed by atoms with Crippen LogP contribution in [0, 0.1) is 0 Å². The number of hydrogen-bond acceptors (Lipinski definition) is 4. The van der Waals surface area contributed by atoms with Gasteiger partial charge < -0.3 is 5.32 Å². The molecule has 140 valence electrons. The normalized spacial score (nSPS) is 19.0. The van der Waals surface area contributed by atoms with Crippen molar-refractivity contribution < 1.29 is 4.79 Å². The number of amidine groups is 1. The van der Waals surface area contributed by atoms with Gasteiger partial charge in [-0.15, -0.1) is 5.10 Å². The van der Waals surface area contributed by atoms with E-state index in [9.17, 15) is 4.79 Å². The number of nitrogens with one attached hydrogen (secondary N) is 1. The lowest BCUT2D eigenvalue weighted by molar-refractivity contribution is -0.118. The third-order valence-corrected chi connectivity index (χ3v) is 5.71. The molecule has 0 spiro atoms. The van der Waals surface area contributed by atoms with Gasteiger partial charge in [-0.05, 0) is 34.6 Å². The molecule has 1 N–H and O–H groups in total. The Labute approximate surface area is 169 Å². The highest BCUT2D eigenvalue weighted by atomic mass is 35.5. The molecule has 1 amide bonds. The highest BCUT2D eigenvalue weighted by Gasteiger charge is 2.30. The molecule has 1 heterocycles. The van der Waals surface area contributed by atoms with Gasteiger partial charge in [0, 0.05) is 5.02 Å². The largest absolute Gasteiger partial charge is 0.303 e. The highest BCUT2D eigenvalue weighted by molar-refractivity contribution is 8.15. The Hall–Kier alpha value is -2.11. The minimum Gasteiger partial charge on any atom is -0.303 e. The van der Waals surface area contributed by atoms with Crippen molar-refractivity contribution in [3.8, 4) is 0 Å². The predicted molar refractivity (Wildman–Crippen MR) is 115 cm³/mol.